The summed E-state index contributed by atoms with van der Waals surface area (Å²) >= 11 is 0. The molecule has 2 atom stereocenters. The number of rotatable bonds is 17. The lowest BCUT2D eigenvalue weighted by Crippen LogP contribution is -2.53. The Balaban J connectivity index is 1.21. The number of carbonyl (C=O) groups excluding carboxylic acids is 2. The van der Waals surface area contributed by atoms with Gasteiger partial charge in [0.1, 0.15) is 12.1 Å². The van der Waals surface area contributed by atoms with Crippen molar-refractivity contribution < 1.29 is 24.6 Å². The molecule has 10 nitrogen and oxygen atoms in total. The number of aromatic nitrogens is 1. The predicted octanol–water partition coefficient (Wildman–Crippen LogP) is 7.02. The van der Waals surface area contributed by atoms with Gasteiger partial charge >= 0.3 is 6.09 Å². The van der Waals surface area contributed by atoms with Gasteiger partial charge in [-0.3, -0.25) is 14.9 Å². The van der Waals surface area contributed by atoms with Crippen LogP contribution in [0.15, 0.2) is 140 Å². The molecule has 0 aliphatic heterocycles. The molecule has 6 rings (SSSR count). The van der Waals surface area contributed by atoms with E-state index in [4.69, 9.17) is 0 Å². The highest BCUT2D eigenvalue weighted by atomic mass is 16.4. The number of benzene rings is 5. The fourth-order valence-corrected chi connectivity index (χ4v) is 7.08. The van der Waals surface area contributed by atoms with Crippen LogP contribution in [0.1, 0.15) is 52.6 Å². The zero-order valence-electron chi connectivity index (χ0n) is 30.8. The number of amides is 3. The summed E-state index contributed by atoms with van der Waals surface area (Å²) in [6.07, 6.45) is 2.05. The minimum absolute atomic E-state index is 0.0864. The van der Waals surface area contributed by atoms with Crippen molar-refractivity contribution >= 4 is 34.5 Å². The monoisotopic (exact) mass is 737 g/mol. The van der Waals surface area contributed by atoms with E-state index in [1.54, 1.807) is 30.5 Å². The Hall–Kier alpha value is -6.23. The first kappa shape index (κ1) is 38.5. The van der Waals surface area contributed by atoms with Crippen molar-refractivity contribution in [1.29, 1.82) is 0 Å². The Labute approximate surface area is 321 Å². The second-order valence-electron chi connectivity index (χ2n) is 13.7. The summed E-state index contributed by atoms with van der Waals surface area (Å²) in [5, 5.41) is 32.0. The van der Waals surface area contributed by atoms with Gasteiger partial charge in [-0.05, 0) is 78.7 Å². The first-order valence-corrected chi connectivity index (χ1v) is 18.6. The maximum absolute atomic E-state index is 13.8. The van der Waals surface area contributed by atoms with E-state index in [1.165, 1.54) is 0 Å². The number of aliphatic hydroxyl groups excluding tert-OH is 1. The average Bonchev–Trinajstić information content (AvgIpc) is 3.62. The van der Waals surface area contributed by atoms with E-state index in [1.807, 2.05) is 60.7 Å². The smallest absolute Gasteiger partial charge is 0.405 e. The summed E-state index contributed by atoms with van der Waals surface area (Å²) in [6.45, 7) is 2.53. The highest BCUT2D eigenvalue weighted by Crippen LogP contribution is 2.37. The quantitative estimate of drug-likeness (QED) is 0.0394. The summed E-state index contributed by atoms with van der Waals surface area (Å²) in [7, 11) is 0. The number of carboxylic acid groups (broad SMARTS) is 1. The van der Waals surface area contributed by atoms with Gasteiger partial charge in [0, 0.05) is 29.2 Å². The lowest BCUT2D eigenvalue weighted by Gasteiger charge is -2.37. The number of hydrogen-bond acceptors (Lipinski definition) is 5. The van der Waals surface area contributed by atoms with E-state index >= 15 is 0 Å². The third kappa shape index (κ3) is 9.48. The van der Waals surface area contributed by atoms with E-state index in [2.05, 4.69) is 81.7 Å². The third-order valence-corrected chi connectivity index (χ3v) is 9.96. The molecule has 1 heterocycles. The normalized spacial score (nSPS) is 12.5. The molecule has 55 heavy (non-hydrogen) atoms. The van der Waals surface area contributed by atoms with Crippen LogP contribution in [0.3, 0.4) is 0 Å². The fraction of sp³-hybridized carbons (Fsp3) is 0.222. The highest BCUT2D eigenvalue weighted by Gasteiger charge is 2.36. The molecule has 0 unspecified atom stereocenters. The molecule has 7 N–H and O–H groups in total. The molecule has 0 aliphatic rings. The molecule has 0 radical (unpaired) electrons. The van der Waals surface area contributed by atoms with Crippen LogP contribution in [0.25, 0.3) is 10.9 Å². The largest absolute Gasteiger partial charge is 0.465 e. The highest BCUT2D eigenvalue weighted by molar-refractivity contribution is 5.98. The van der Waals surface area contributed by atoms with E-state index in [0.717, 1.165) is 38.7 Å². The fourth-order valence-electron chi connectivity index (χ4n) is 7.08. The van der Waals surface area contributed by atoms with Gasteiger partial charge in [0.05, 0.1) is 12.1 Å². The molecule has 0 saturated carbocycles. The molecule has 6 aromatic rings. The van der Waals surface area contributed by atoms with Gasteiger partial charge < -0.3 is 31.1 Å². The van der Waals surface area contributed by atoms with Crippen molar-refractivity contribution in [3.8, 4) is 0 Å². The van der Waals surface area contributed by atoms with Crippen molar-refractivity contribution in [2.75, 3.05) is 11.9 Å². The van der Waals surface area contributed by atoms with Gasteiger partial charge in [-0.2, -0.15) is 0 Å². The van der Waals surface area contributed by atoms with Gasteiger partial charge in [-0.15, -0.1) is 0 Å². The summed E-state index contributed by atoms with van der Waals surface area (Å²) in [5.41, 5.74) is 6.64. The molecule has 0 bridgehead atoms. The first-order valence-electron chi connectivity index (χ1n) is 18.6. The molecule has 282 valence electrons. The minimum Gasteiger partial charge on any atom is -0.465 e. The number of carbonyl (C=O) groups is 3. The Morgan fingerprint density at radius 1 is 0.691 bits per heavy atom. The number of aryl methyl sites for hydroxylation is 1. The van der Waals surface area contributed by atoms with Gasteiger partial charge in [0.2, 0.25) is 11.8 Å². The summed E-state index contributed by atoms with van der Waals surface area (Å²) in [6, 6.07) is 41.5. The summed E-state index contributed by atoms with van der Waals surface area (Å²) in [5.74, 6) is -1.03. The number of nitrogens with one attached hydrogen (secondary N) is 5. The maximum atomic E-state index is 13.8. The van der Waals surface area contributed by atoms with Crippen molar-refractivity contribution in [2.45, 2.75) is 56.8 Å². The van der Waals surface area contributed by atoms with Gasteiger partial charge in [-0.1, -0.05) is 121 Å². The standard InChI is InChI=1S/C45H47N5O5/c1-31-19-23-36(24-20-31)45(34-12-4-2-5-13-34,35-14-6-3-7-15-35)47-27-11-10-18-40(42(52)48-37-25-21-32(30-51)22-26-37)49-43(53)41(50-44(54)55)28-33-29-46-39-17-9-8-16-38(33)39/h2-9,12-17,19-26,29,40-41,46-47,50-51H,10-11,18,27-28,30H2,1H3,(H,48,52)(H,49,53)(H,54,55)/t40-,41-/m0/s1. The Kier molecular flexibility index (Phi) is 12.7. The second kappa shape index (κ2) is 18.2. The number of fused-ring (bicyclic) bond motifs is 1. The number of aromatic amines is 1. The Morgan fingerprint density at radius 2 is 1.31 bits per heavy atom. The molecule has 0 fully saturated rings. The SMILES string of the molecule is Cc1ccc(C(NCCCC[C@H](NC(=O)[C@H](Cc2c[nH]c3ccccc23)NC(=O)O)C(=O)Nc2ccc(CO)cc2)(c2ccccc2)c2ccccc2)cc1. The van der Waals surface area contributed by atoms with E-state index in [0.29, 0.717) is 37.1 Å². The van der Waals surface area contributed by atoms with Crippen LogP contribution in [0, 0.1) is 6.92 Å². The molecular formula is C45H47N5O5. The van der Waals surface area contributed by atoms with Crippen molar-refractivity contribution in [3.05, 3.63) is 173 Å². The molecule has 3 amide bonds. The molecule has 10 heteroatoms. The lowest BCUT2D eigenvalue weighted by molar-refractivity contribution is -0.128. The number of anilines is 1. The van der Waals surface area contributed by atoms with Crippen LogP contribution in [-0.2, 0) is 28.2 Å². The molecule has 0 saturated heterocycles. The maximum Gasteiger partial charge on any atom is 0.405 e. The summed E-state index contributed by atoms with van der Waals surface area (Å²) in [4.78, 5) is 42.7. The van der Waals surface area contributed by atoms with E-state index in [9.17, 15) is 24.6 Å². The topological polar surface area (TPSA) is 156 Å². The van der Waals surface area contributed by atoms with Crippen LogP contribution in [0.2, 0.25) is 0 Å². The number of para-hydroxylation sites is 1. The van der Waals surface area contributed by atoms with Crippen LogP contribution in [0.5, 0.6) is 0 Å². The Morgan fingerprint density at radius 3 is 1.95 bits per heavy atom. The molecule has 5 aromatic carbocycles. The van der Waals surface area contributed by atoms with Crippen molar-refractivity contribution in [2.24, 2.45) is 0 Å². The lowest BCUT2D eigenvalue weighted by atomic mass is 9.76. The zero-order valence-corrected chi connectivity index (χ0v) is 30.8. The molecule has 1 aromatic heterocycles. The van der Waals surface area contributed by atoms with Crippen LogP contribution >= 0.6 is 0 Å². The van der Waals surface area contributed by atoms with Crippen molar-refractivity contribution in [1.82, 2.24) is 20.9 Å². The second-order valence-corrected chi connectivity index (χ2v) is 13.7. The van der Waals surface area contributed by atoms with Crippen LogP contribution < -0.4 is 21.3 Å². The minimum atomic E-state index is -1.34. The van der Waals surface area contributed by atoms with Crippen molar-refractivity contribution in [3.63, 3.8) is 0 Å². The third-order valence-electron chi connectivity index (χ3n) is 9.96. The van der Waals surface area contributed by atoms with E-state index in [-0.39, 0.29) is 13.0 Å². The molecule has 0 spiro atoms. The average molecular weight is 738 g/mol. The number of aliphatic hydroxyl groups is 1. The summed E-state index contributed by atoms with van der Waals surface area (Å²) < 4.78 is 0. The van der Waals surface area contributed by atoms with Crippen LogP contribution in [0.4, 0.5) is 10.5 Å². The number of hydrogen-bond donors (Lipinski definition) is 7. The van der Waals surface area contributed by atoms with Crippen LogP contribution in [-0.4, -0.2) is 51.7 Å². The van der Waals surface area contributed by atoms with Gasteiger partial charge in [0.15, 0.2) is 0 Å². The molecule has 0 aliphatic carbocycles. The number of H-pyrrole nitrogens is 1. The predicted molar refractivity (Wildman–Crippen MR) is 216 cm³/mol. The van der Waals surface area contributed by atoms with Gasteiger partial charge in [0.25, 0.3) is 0 Å². The number of unbranched alkanes of at least 4 members (excludes halogenated alkanes) is 1. The zero-order chi connectivity index (χ0) is 38.6. The molecular weight excluding hydrogens is 691 g/mol. The van der Waals surface area contributed by atoms with E-state index < -0.39 is 35.5 Å². The Bertz CT molecular complexity index is 2130. The van der Waals surface area contributed by atoms with Gasteiger partial charge in [-0.25, -0.2) is 4.79 Å². The first-order chi connectivity index (χ1) is 26.8.